The Hall–Kier alpha value is -1.26. The Morgan fingerprint density at radius 3 is 2.50 bits per heavy atom. The highest BCUT2D eigenvalue weighted by Crippen LogP contribution is 2.25. The van der Waals surface area contributed by atoms with Gasteiger partial charge in [-0.25, -0.2) is 4.79 Å². The zero-order chi connectivity index (χ0) is 12.3. The number of carbonyl (C=O) groups excluding carboxylic acids is 1. The average Bonchev–Trinajstić information content (AvgIpc) is 2.64. The zero-order valence-corrected chi connectivity index (χ0v) is 10.1. The van der Waals surface area contributed by atoms with Crippen LogP contribution >= 0.6 is 0 Å². The van der Waals surface area contributed by atoms with Gasteiger partial charge in [-0.3, -0.25) is 4.79 Å². The highest BCUT2D eigenvalue weighted by atomic mass is 16.4. The molecule has 2 unspecified atom stereocenters. The fourth-order valence-electron chi connectivity index (χ4n) is 1.92. The van der Waals surface area contributed by atoms with Crippen molar-refractivity contribution >= 4 is 12.0 Å². The summed E-state index contributed by atoms with van der Waals surface area (Å²) in [7, 11) is 1.71. The van der Waals surface area contributed by atoms with Gasteiger partial charge in [0.25, 0.3) is 0 Å². The van der Waals surface area contributed by atoms with Crippen LogP contribution in [0, 0.1) is 5.92 Å². The van der Waals surface area contributed by atoms with Gasteiger partial charge in [-0.1, -0.05) is 6.42 Å². The second-order valence-electron chi connectivity index (χ2n) is 4.64. The lowest BCUT2D eigenvalue weighted by atomic mass is 10.0. The maximum Gasteiger partial charge on any atom is 0.317 e. The predicted octanol–water partition coefficient (Wildman–Crippen LogP) is 1.29. The van der Waals surface area contributed by atoms with E-state index in [0.717, 1.165) is 12.8 Å². The second kappa shape index (κ2) is 5.18. The summed E-state index contributed by atoms with van der Waals surface area (Å²) < 4.78 is 0. The number of hydrogen-bond donors (Lipinski definition) is 2. The molecule has 0 saturated heterocycles. The van der Waals surface area contributed by atoms with Gasteiger partial charge in [0.1, 0.15) is 0 Å². The minimum atomic E-state index is -0.810. The molecule has 0 radical (unpaired) electrons. The summed E-state index contributed by atoms with van der Waals surface area (Å²) >= 11 is 0. The first-order valence-corrected chi connectivity index (χ1v) is 5.69. The Kier molecular flexibility index (Phi) is 4.15. The van der Waals surface area contributed by atoms with E-state index in [9.17, 15) is 9.59 Å². The Balaban J connectivity index is 2.53. The van der Waals surface area contributed by atoms with Crippen LogP contribution in [0.4, 0.5) is 4.79 Å². The van der Waals surface area contributed by atoms with E-state index in [-0.39, 0.29) is 18.1 Å². The summed E-state index contributed by atoms with van der Waals surface area (Å²) in [5.74, 6) is -1.24. The van der Waals surface area contributed by atoms with Crippen LogP contribution in [-0.4, -0.2) is 41.1 Å². The first-order chi connectivity index (χ1) is 7.43. The van der Waals surface area contributed by atoms with Crippen molar-refractivity contribution in [2.75, 3.05) is 7.05 Å². The Morgan fingerprint density at radius 2 is 2.00 bits per heavy atom. The lowest BCUT2D eigenvalue weighted by molar-refractivity contribution is -0.142. The van der Waals surface area contributed by atoms with Crippen LogP contribution in [0.1, 0.15) is 33.1 Å². The number of nitrogens with zero attached hydrogens (tertiary/aromatic N) is 1. The Morgan fingerprint density at radius 1 is 1.38 bits per heavy atom. The molecule has 16 heavy (non-hydrogen) atoms. The second-order valence-corrected chi connectivity index (χ2v) is 4.64. The Bertz CT molecular complexity index is 278. The van der Waals surface area contributed by atoms with Gasteiger partial charge in [-0.05, 0) is 26.7 Å². The van der Waals surface area contributed by atoms with Gasteiger partial charge in [-0.2, -0.15) is 0 Å². The van der Waals surface area contributed by atoms with E-state index in [1.165, 1.54) is 0 Å². The number of urea groups is 1. The molecule has 5 heteroatoms. The summed E-state index contributed by atoms with van der Waals surface area (Å²) in [5.41, 5.74) is 0. The summed E-state index contributed by atoms with van der Waals surface area (Å²) in [4.78, 5) is 24.2. The smallest absolute Gasteiger partial charge is 0.317 e. The van der Waals surface area contributed by atoms with Gasteiger partial charge in [0.2, 0.25) is 0 Å². The SMILES string of the molecule is CC(C)N(C)C(=O)NC1CCCC1C(=O)O. The maximum atomic E-state index is 11.7. The van der Waals surface area contributed by atoms with Gasteiger partial charge in [0.05, 0.1) is 5.92 Å². The number of carboxylic acids is 1. The number of aliphatic carboxylic acids is 1. The van der Waals surface area contributed by atoms with Crippen LogP contribution in [0.3, 0.4) is 0 Å². The summed E-state index contributed by atoms with van der Waals surface area (Å²) in [5, 5.41) is 11.8. The fourth-order valence-corrected chi connectivity index (χ4v) is 1.92. The first kappa shape index (κ1) is 12.8. The monoisotopic (exact) mass is 228 g/mol. The molecule has 0 heterocycles. The van der Waals surface area contributed by atoms with Crippen molar-refractivity contribution in [1.29, 1.82) is 0 Å². The van der Waals surface area contributed by atoms with E-state index in [1.807, 2.05) is 13.8 Å². The first-order valence-electron chi connectivity index (χ1n) is 5.69. The molecule has 0 bridgehead atoms. The molecule has 0 aromatic heterocycles. The molecule has 2 amide bonds. The fraction of sp³-hybridized carbons (Fsp3) is 0.818. The van der Waals surface area contributed by atoms with Gasteiger partial charge in [-0.15, -0.1) is 0 Å². The highest BCUT2D eigenvalue weighted by Gasteiger charge is 2.34. The largest absolute Gasteiger partial charge is 0.481 e. The molecule has 1 aliphatic rings. The molecule has 2 atom stereocenters. The third-order valence-corrected chi connectivity index (χ3v) is 3.24. The lowest BCUT2D eigenvalue weighted by Gasteiger charge is -2.25. The standard InChI is InChI=1S/C11H20N2O3/c1-7(2)13(3)11(16)12-9-6-4-5-8(9)10(14)15/h7-9H,4-6H2,1-3H3,(H,12,16)(H,14,15). The van der Waals surface area contributed by atoms with Gasteiger partial charge in [0, 0.05) is 19.1 Å². The third-order valence-electron chi connectivity index (χ3n) is 3.24. The number of amides is 2. The molecular formula is C11H20N2O3. The van der Waals surface area contributed by atoms with Crippen LogP contribution in [0.5, 0.6) is 0 Å². The number of nitrogens with one attached hydrogen (secondary N) is 1. The highest BCUT2D eigenvalue weighted by molar-refractivity contribution is 5.77. The quantitative estimate of drug-likeness (QED) is 0.764. The number of rotatable bonds is 3. The van der Waals surface area contributed by atoms with Crippen molar-refractivity contribution in [3.63, 3.8) is 0 Å². The van der Waals surface area contributed by atoms with Crippen molar-refractivity contribution < 1.29 is 14.7 Å². The summed E-state index contributed by atoms with van der Waals surface area (Å²) in [6.45, 7) is 3.84. The van der Waals surface area contributed by atoms with Gasteiger partial charge < -0.3 is 15.3 Å². The molecule has 5 nitrogen and oxygen atoms in total. The molecule has 1 fully saturated rings. The van der Waals surface area contributed by atoms with Crippen LogP contribution in [0.25, 0.3) is 0 Å². The average molecular weight is 228 g/mol. The van der Waals surface area contributed by atoms with E-state index >= 15 is 0 Å². The predicted molar refractivity (Wildman–Crippen MR) is 60.2 cm³/mol. The molecule has 92 valence electrons. The molecule has 2 N–H and O–H groups in total. The minimum absolute atomic E-state index is 0.115. The van der Waals surface area contributed by atoms with Crippen molar-refractivity contribution in [1.82, 2.24) is 10.2 Å². The minimum Gasteiger partial charge on any atom is -0.481 e. The molecule has 0 aromatic rings. The van der Waals surface area contributed by atoms with Gasteiger partial charge >= 0.3 is 12.0 Å². The topological polar surface area (TPSA) is 69.6 Å². The number of carbonyl (C=O) groups is 2. The van der Waals surface area contributed by atoms with Crippen LogP contribution < -0.4 is 5.32 Å². The van der Waals surface area contributed by atoms with Crippen molar-refractivity contribution in [2.45, 2.75) is 45.2 Å². The molecule has 0 spiro atoms. The molecule has 1 aliphatic carbocycles. The molecule has 0 aromatic carbocycles. The summed E-state index contributed by atoms with van der Waals surface area (Å²) in [6.07, 6.45) is 2.29. The van der Waals surface area contributed by atoms with E-state index in [2.05, 4.69) is 5.32 Å². The molecule has 0 aliphatic heterocycles. The van der Waals surface area contributed by atoms with E-state index in [4.69, 9.17) is 5.11 Å². The van der Waals surface area contributed by atoms with E-state index < -0.39 is 11.9 Å². The maximum absolute atomic E-state index is 11.7. The lowest BCUT2D eigenvalue weighted by Crippen LogP contribution is -2.48. The Labute approximate surface area is 95.8 Å². The number of hydrogen-bond acceptors (Lipinski definition) is 2. The van der Waals surface area contributed by atoms with Crippen molar-refractivity contribution in [3.8, 4) is 0 Å². The zero-order valence-electron chi connectivity index (χ0n) is 10.1. The summed E-state index contributed by atoms with van der Waals surface area (Å²) in [6, 6.07) is -0.288. The van der Waals surface area contributed by atoms with Gasteiger partial charge in [0.15, 0.2) is 0 Å². The molecular weight excluding hydrogens is 208 g/mol. The van der Waals surface area contributed by atoms with Crippen molar-refractivity contribution in [2.24, 2.45) is 5.92 Å². The molecule has 1 saturated carbocycles. The normalized spacial score (nSPS) is 24.5. The van der Waals surface area contributed by atoms with Crippen molar-refractivity contribution in [3.05, 3.63) is 0 Å². The van der Waals surface area contributed by atoms with Crippen LogP contribution in [0.2, 0.25) is 0 Å². The van der Waals surface area contributed by atoms with Crippen LogP contribution in [-0.2, 0) is 4.79 Å². The van der Waals surface area contributed by atoms with E-state index in [0.29, 0.717) is 6.42 Å². The third kappa shape index (κ3) is 2.87. The van der Waals surface area contributed by atoms with E-state index in [1.54, 1.807) is 11.9 Å². The van der Waals surface area contributed by atoms with Crippen LogP contribution in [0.15, 0.2) is 0 Å². The number of carboxylic acid groups (broad SMARTS) is 1. The molecule has 1 rings (SSSR count).